The highest BCUT2D eigenvalue weighted by Crippen LogP contribution is 2.31. The highest BCUT2D eigenvalue weighted by Gasteiger charge is 2.20. The third kappa shape index (κ3) is 2.21. The first-order valence-electron chi connectivity index (χ1n) is 7.07. The van der Waals surface area contributed by atoms with Crippen molar-refractivity contribution < 1.29 is 4.79 Å². The van der Waals surface area contributed by atoms with Gasteiger partial charge < -0.3 is 5.73 Å². The second-order valence-corrected chi connectivity index (χ2v) is 6.08. The van der Waals surface area contributed by atoms with Gasteiger partial charge in [-0.05, 0) is 30.3 Å². The van der Waals surface area contributed by atoms with E-state index in [4.69, 9.17) is 28.9 Å². The van der Waals surface area contributed by atoms with Gasteiger partial charge in [0.05, 0.1) is 27.9 Å². The minimum Gasteiger partial charge on any atom is -0.363 e. The number of rotatable bonds is 2. The number of nitrogens with zero attached hydrogens (tertiary/aromatic N) is 3. The lowest BCUT2D eigenvalue weighted by atomic mass is 10.2. The third-order valence-electron chi connectivity index (χ3n) is 3.76. The SMILES string of the molecule is NC(=O)c1nc2cnc3ccc(Cl)cc3c2n1-c1ccccc1Cl. The van der Waals surface area contributed by atoms with E-state index in [1.165, 1.54) is 0 Å². The topological polar surface area (TPSA) is 73.8 Å². The molecule has 2 aromatic heterocycles. The second-order valence-electron chi connectivity index (χ2n) is 5.24. The van der Waals surface area contributed by atoms with Gasteiger partial charge in [-0.15, -0.1) is 0 Å². The van der Waals surface area contributed by atoms with E-state index in [-0.39, 0.29) is 5.82 Å². The van der Waals surface area contributed by atoms with Gasteiger partial charge in [-0.3, -0.25) is 14.3 Å². The fraction of sp³-hybridized carbons (Fsp3) is 0. The zero-order chi connectivity index (χ0) is 16.8. The number of aromatic nitrogens is 3. The summed E-state index contributed by atoms with van der Waals surface area (Å²) in [4.78, 5) is 20.6. The van der Waals surface area contributed by atoms with Gasteiger partial charge in [-0.2, -0.15) is 0 Å². The lowest BCUT2D eigenvalue weighted by Gasteiger charge is -2.10. The van der Waals surface area contributed by atoms with Crippen molar-refractivity contribution in [2.75, 3.05) is 0 Å². The van der Waals surface area contributed by atoms with Gasteiger partial charge in [0.25, 0.3) is 5.91 Å². The molecule has 2 N–H and O–H groups in total. The predicted octanol–water partition coefficient (Wildman–Crippen LogP) is 3.98. The molecule has 0 aliphatic carbocycles. The summed E-state index contributed by atoms with van der Waals surface area (Å²) >= 11 is 12.5. The molecule has 0 aliphatic heterocycles. The van der Waals surface area contributed by atoms with Crippen LogP contribution in [0.5, 0.6) is 0 Å². The Morgan fingerprint density at radius 2 is 1.88 bits per heavy atom. The number of fused-ring (bicyclic) bond motifs is 3. The zero-order valence-electron chi connectivity index (χ0n) is 12.2. The molecule has 4 aromatic rings. The van der Waals surface area contributed by atoms with E-state index in [0.717, 1.165) is 10.9 Å². The Morgan fingerprint density at radius 3 is 2.62 bits per heavy atom. The molecule has 118 valence electrons. The molecule has 5 nitrogen and oxygen atoms in total. The molecule has 0 saturated heterocycles. The predicted molar refractivity (Wildman–Crippen MR) is 94.9 cm³/mol. The molecule has 7 heteroatoms. The van der Waals surface area contributed by atoms with E-state index in [9.17, 15) is 4.79 Å². The molecular formula is C17H10Cl2N4O. The number of halogens is 2. The van der Waals surface area contributed by atoms with Crippen molar-refractivity contribution in [3.8, 4) is 5.69 Å². The summed E-state index contributed by atoms with van der Waals surface area (Å²) in [6.07, 6.45) is 1.60. The van der Waals surface area contributed by atoms with Crippen LogP contribution >= 0.6 is 23.2 Å². The smallest absolute Gasteiger partial charge is 0.285 e. The molecule has 4 rings (SSSR count). The van der Waals surface area contributed by atoms with E-state index < -0.39 is 5.91 Å². The molecule has 0 aliphatic rings. The molecular weight excluding hydrogens is 347 g/mol. The van der Waals surface area contributed by atoms with Crippen LogP contribution in [0.4, 0.5) is 0 Å². The molecule has 0 radical (unpaired) electrons. The lowest BCUT2D eigenvalue weighted by Crippen LogP contribution is -2.17. The van der Waals surface area contributed by atoms with Crippen molar-refractivity contribution in [2.24, 2.45) is 5.73 Å². The fourth-order valence-corrected chi connectivity index (χ4v) is 3.15. The number of benzene rings is 2. The number of pyridine rings is 1. The summed E-state index contributed by atoms with van der Waals surface area (Å²) in [7, 11) is 0. The van der Waals surface area contributed by atoms with E-state index >= 15 is 0 Å². The normalized spacial score (nSPS) is 11.2. The number of para-hydroxylation sites is 1. The number of imidazole rings is 1. The average molecular weight is 357 g/mol. The number of carbonyl (C=O) groups excluding carboxylic acids is 1. The zero-order valence-corrected chi connectivity index (χ0v) is 13.7. The van der Waals surface area contributed by atoms with Crippen LogP contribution in [0.15, 0.2) is 48.7 Å². The summed E-state index contributed by atoms with van der Waals surface area (Å²) < 4.78 is 1.65. The van der Waals surface area contributed by atoms with Crippen molar-refractivity contribution in [3.63, 3.8) is 0 Å². The van der Waals surface area contributed by atoms with Gasteiger partial charge in [0.1, 0.15) is 5.52 Å². The molecule has 0 saturated carbocycles. The number of nitrogens with two attached hydrogens (primary N) is 1. The average Bonchev–Trinajstić information content (AvgIpc) is 2.95. The van der Waals surface area contributed by atoms with Crippen LogP contribution in [-0.4, -0.2) is 20.4 Å². The summed E-state index contributed by atoms with van der Waals surface area (Å²) in [5.41, 5.74) is 8.10. The Balaban J connectivity index is 2.24. The van der Waals surface area contributed by atoms with Crippen LogP contribution in [-0.2, 0) is 0 Å². The van der Waals surface area contributed by atoms with E-state index in [0.29, 0.717) is 26.8 Å². The molecule has 0 atom stereocenters. The summed E-state index contributed by atoms with van der Waals surface area (Å²) in [5, 5.41) is 1.80. The van der Waals surface area contributed by atoms with E-state index in [2.05, 4.69) is 9.97 Å². The van der Waals surface area contributed by atoms with Crippen molar-refractivity contribution in [1.29, 1.82) is 0 Å². The molecule has 1 amide bonds. The maximum Gasteiger partial charge on any atom is 0.285 e. The highest BCUT2D eigenvalue weighted by atomic mass is 35.5. The minimum absolute atomic E-state index is 0.0902. The van der Waals surface area contributed by atoms with Crippen molar-refractivity contribution in [3.05, 3.63) is 64.5 Å². The number of carbonyl (C=O) groups is 1. The van der Waals surface area contributed by atoms with Crippen LogP contribution in [0.2, 0.25) is 10.0 Å². The van der Waals surface area contributed by atoms with Gasteiger partial charge in [-0.1, -0.05) is 35.3 Å². The molecule has 2 aromatic carbocycles. The second kappa shape index (κ2) is 5.47. The van der Waals surface area contributed by atoms with Gasteiger partial charge in [0.2, 0.25) is 5.82 Å². The summed E-state index contributed by atoms with van der Waals surface area (Å²) in [5.74, 6) is -0.561. The monoisotopic (exact) mass is 356 g/mol. The number of amides is 1. The molecule has 0 bridgehead atoms. The largest absolute Gasteiger partial charge is 0.363 e. The Bertz CT molecular complexity index is 1120. The molecule has 0 fully saturated rings. The summed E-state index contributed by atoms with van der Waals surface area (Å²) in [6.45, 7) is 0. The van der Waals surface area contributed by atoms with Crippen molar-refractivity contribution in [2.45, 2.75) is 0 Å². The van der Waals surface area contributed by atoms with Crippen LogP contribution < -0.4 is 5.73 Å². The van der Waals surface area contributed by atoms with Crippen LogP contribution in [0.1, 0.15) is 10.6 Å². The standard InChI is InChI=1S/C17H10Cl2N4O/c18-9-5-6-12-10(7-9)15-13(8-21-12)22-17(16(20)24)23(15)14-4-2-1-3-11(14)19/h1-8H,(H2,20,24). The fourth-order valence-electron chi connectivity index (χ4n) is 2.76. The first kappa shape index (κ1) is 14.9. The molecule has 2 heterocycles. The van der Waals surface area contributed by atoms with Crippen molar-refractivity contribution >= 4 is 51.0 Å². The minimum atomic E-state index is -0.652. The third-order valence-corrected chi connectivity index (χ3v) is 4.31. The van der Waals surface area contributed by atoms with E-state index in [1.54, 1.807) is 35.0 Å². The summed E-state index contributed by atoms with van der Waals surface area (Å²) in [6, 6.07) is 12.5. The highest BCUT2D eigenvalue weighted by molar-refractivity contribution is 6.33. The quantitative estimate of drug-likeness (QED) is 0.590. The maximum absolute atomic E-state index is 11.9. The molecule has 0 unspecified atom stereocenters. The van der Waals surface area contributed by atoms with Crippen molar-refractivity contribution in [1.82, 2.24) is 14.5 Å². The Morgan fingerprint density at radius 1 is 1.08 bits per heavy atom. The van der Waals surface area contributed by atoms with Gasteiger partial charge in [0, 0.05) is 10.4 Å². The van der Waals surface area contributed by atoms with Gasteiger partial charge >= 0.3 is 0 Å². The Kier molecular flexibility index (Phi) is 3.40. The number of hydrogen-bond acceptors (Lipinski definition) is 3. The van der Waals surface area contributed by atoms with Crippen LogP contribution in [0.3, 0.4) is 0 Å². The lowest BCUT2D eigenvalue weighted by molar-refractivity contribution is 0.0989. The first-order chi connectivity index (χ1) is 11.6. The Hall–Kier alpha value is -2.63. The van der Waals surface area contributed by atoms with Crippen LogP contribution in [0.25, 0.3) is 27.6 Å². The Labute approximate surface area is 146 Å². The maximum atomic E-state index is 11.9. The first-order valence-corrected chi connectivity index (χ1v) is 7.83. The van der Waals surface area contributed by atoms with Gasteiger partial charge in [-0.25, -0.2) is 4.98 Å². The number of primary amides is 1. The number of hydrogen-bond donors (Lipinski definition) is 1. The van der Waals surface area contributed by atoms with Gasteiger partial charge in [0.15, 0.2) is 0 Å². The van der Waals surface area contributed by atoms with Crippen LogP contribution in [0, 0.1) is 0 Å². The molecule has 24 heavy (non-hydrogen) atoms. The molecule has 0 spiro atoms. The van der Waals surface area contributed by atoms with E-state index in [1.807, 2.05) is 18.2 Å².